The molecule has 1 heterocycles. The molecule has 7 heteroatoms. The lowest BCUT2D eigenvalue weighted by Gasteiger charge is -2.26. The number of hydrogen-bond donors (Lipinski definition) is 3. The number of hydrogen-bond acceptors (Lipinski definition) is 5. The third kappa shape index (κ3) is 4.67. The molecule has 6 nitrogen and oxygen atoms in total. The topological polar surface area (TPSA) is 91.3 Å². The van der Waals surface area contributed by atoms with Gasteiger partial charge in [0.05, 0.1) is 20.8 Å². The van der Waals surface area contributed by atoms with Crippen molar-refractivity contribution in [2.45, 2.75) is 33.1 Å². The smallest absolute Gasteiger partial charge is 0.273 e. The average molecular weight is 398 g/mol. The van der Waals surface area contributed by atoms with Gasteiger partial charge in [-0.15, -0.1) is 11.3 Å². The Labute approximate surface area is 167 Å². The summed E-state index contributed by atoms with van der Waals surface area (Å²) in [5.41, 5.74) is 5.60. The summed E-state index contributed by atoms with van der Waals surface area (Å²) in [6.07, 6.45) is 1.73. The van der Waals surface area contributed by atoms with Crippen LogP contribution in [0.5, 0.6) is 5.75 Å². The highest BCUT2D eigenvalue weighted by molar-refractivity contribution is 7.18. The van der Waals surface area contributed by atoms with E-state index in [0.29, 0.717) is 6.42 Å². The normalized spacial score (nSPS) is 13.1. The molecule has 3 rings (SSSR count). The zero-order chi connectivity index (χ0) is 20.1. The van der Waals surface area contributed by atoms with Crippen molar-refractivity contribution in [3.05, 3.63) is 59.1 Å². The van der Waals surface area contributed by atoms with Gasteiger partial charge in [-0.2, -0.15) is 0 Å². The number of carbonyl (C=O) groups excluding carboxylic acids is 2. The highest BCUT2D eigenvalue weighted by atomic mass is 32.1. The lowest BCUT2D eigenvalue weighted by Crippen LogP contribution is -2.43. The van der Waals surface area contributed by atoms with E-state index in [0.717, 1.165) is 21.6 Å². The molecule has 146 valence electrons. The van der Waals surface area contributed by atoms with Crippen molar-refractivity contribution in [2.24, 2.45) is 5.41 Å². The summed E-state index contributed by atoms with van der Waals surface area (Å²) in [5.74, 6) is -0.978. The van der Waals surface area contributed by atoms with Crippen LogP contribution in [0.4, 0.5) is 0 Å². The first-order valence-electron chi connectivity index (χ1n) is 9.12. The van der Waals surface area contributed by atoms with Crippen LogP contribution in [-0.4, -0.2) is 21.9 Å². The number of hydrazine groups is 1. The Morgan fingerprint density at radius 2 is 1.82 bits per heavy atom. The van der Waals surface area contributed by atoms with Gasteiger partial charge >= 0.3 is 0 Å². The zero-order valence-electron chi connectivity index (χ0n) is 15.9. The maximum atomic E-state index is 12.4. The van der Waals surface area contributed by atoms with Gasteiger partial charge < -0.3 is 5.11 Å². The third-order valence-electron chi connectivity index (χ3n) is 4.82. The standard InChI is InChI=1S/C21H23N3O3S/c1-3-21(2,13-19-22-15-9-5-7-11-17(15)28-19)12-18(26)23-24-20(27)14-8-4-6-10-16(14)25/h4-11,25H,3,12-13H2,1-2H3,(H,23,26)(H,24,27)/t21-/m0/s1. The number of para-hydroxylation sites is 2. The van der Waals surface area contributed by atoms with Crippen LogP contribution < -0.4 is 10.9 Å². The minimum absolute atomic E-state index is 0.107. The number of aromatic hydroxyl groups is 1. The van der Waals surface area contributed by atoms with Gasteiger partial charge in [-0.05, 0) is 36.1 Å². The first kappa shape index (κ1) is 19.8. The van der Waals surface area contributed by atoms with Crippen LogP contribution in [0.3, 0.4) is 0 Å². The fourth-order valence-corrected chi connectivity index (χ4v) is 4.15. The maximum absolute atomic E-state index is 12.4. The summed E-state index contributed by atoms with van der Waals surface area (Å²) >= 11 is 1.64. The summed E-state index contributed by atoms with van der Waals surface area (Å²) in [5, 5.41) is 10.7. The van der Waals surface area contributed by atoms with Crippen molar-refractivity contribution in [3.8, 4) is 5.75 Å². The van der Waals surface area contributed by atoms with Crippen LogP contribution in [0.1, 0.15) is 42.1 Å². The highest BCUT2D eigenvalue weighted by Gasteiger charge is 2.28. The second-order valence-corrected chi connectivity index (χ2v) is 8.23. The Kier molecular flexibility index (Phi) is 5.94. The van der Waals surface area contributed by atoms with E-state index in [9.17, 15) is 14.7 Å². The number of phenols is 1. The third-order valence-corrected chi connectivity index (χ3v) is 5.86. The van der Waals surface area contributed by atoms with Gasteiger partial charge in [0, 0.05) is 12.8 Å². The lowest BCUT2D eigenvalue weighted by atomic mass is 9.81. The van der Waals surface area contributed by atoms with E-state index in [1.54, 1.807) is 23.5 Å². The Morgan fingerprint density at radius 3 is 2.54 bits per heavy atom. The van der Waals surface area contributed by atoms with Crippen molar-refractivity contribution in [2.75, 3.05) is 0 Å². The molecule has 3 aromatic rings. The average Bonchev–Trinajstić information content (AvgIpc) is 3.08. The van der Waals surface area contributed by atoms with E-state index in [-0.39, 0.29) is 29.1 Å². The van der Waals surface area contributed by atoms with Gasteiger partial charge in [-0.3, -0.25) is 20.4 Å². The number of phenolic OH excluding ortho intramolecular Hbond substituents is 1. The van der Waals surface area contributed by atoms with E-state index < -0.39 is 5.91 Å². The van der Waals surface area contributed by atoms with Crippen molar-refractivity contribution in [1.29, 1.82) is 0 Å². The molecule has 0 fully saturated rings. The first-order chi connectivity index (χ1) is 13.4. The molecule has 0 radical (unpaired) electrons. The summed E-state index contributed by atoms with van der Waals surface area (Å²) in [7, 11) is 0. The minimum Gasteiger partial charge on any atom is -0.507 e. The molecule has 1 aromatic heterocycles. The Balaban J connectivity index is 1.60. The second-order valence-electron chi connectivity index (χ2n) is 7.11. The molecule has 0 aliphatic carbocycles. The monoisotopic (exact) mass is 397 g/mol. The molecular weight excluding hydrogens is 374 g/mol. The minimum atomic E-state index is -0.559. The number of amides is 2. The predicted molar refractivity (Wildman–Crippen MR) is 110 cm³/mol. The molecule has 0 bridgehead atoms. The zero-order valence-corrected chi connectivity index (χ0v) is 16.7. The Hall–Kier alpha value is -2.93. The number of nitrogens with zero attached hydrogens (tertiary/aromatic N) is 1. The first-order valence-corrected chi connectivity index (χ1v) is 9.93. The maximum Gasteiger partial charge on any atom is 0.273 e. The van der Waals surface area contributed by atoms with Gasteiger partial charge in [-0.25, -0.2) is 4.98 Å². The van der Waals surface area contributed by atoms with E-state index in [1.165, 1.54) is 12.1 Å². The number of benzene rings is 2. The van der Waals surface area contributed by atoms with E-state index >= 15 is 0 Å². The van der Waals surface area contributed by atoms with Crippen LogP contribution in [-0.2, 0) is 11.2 Å². The molecule has 2 amide bonds. The van der Waals surface area contributed by atoms with Crippen molar-refractivity contribution >= 4 is 33.4 Å². The van der Waals surface area contributed by atoms with Gasteiger partial charge in [0.15, 0.2) is 0 Å². The summed E-state index contributed by atoms with van der Waals surface area (Å²) in [6, 6.07) is 14.2. The molecule has 0 spiro atoms. The van der Waals surface area contributed by atoms with Crippen molar-refractivity contribution in [3.63, 3.8) is 0 Å². The van der Waals surface area contributed by atoms with E-state index in [1.807, 2.05) is 38.1 Å². The molecule has 2 aromatic carbocycles. The molecule has 0 aliphatic heterocycles. The summed E-state index contributed by atoms with van der Waals surface area (Å²) < 4.78 is 1.13. The van der Waals surface area contributed by atoms with Crippen LogP contribution in [0.15, 0.2) is 48.5 Å². The molecule has 0 saturated carbocycles. The van der Waals surface area contributed by atoms with Crippen LogP contribution in [0.2, 0.25) is 0 Å². The van der Waals surface area contributed by atoms with Gasteiger partial charge in [-0.1, -0.05) is 38.1 Å². The highest BCUT2D eigenvalue weighted by Crippen LogP contribution is 2.33. The van der Waals surface area contributed by atoms with E-state index in [4.69, 9.17) is 0 Å². The van der Waals surface area contributed by atoms with Crippen LogP contribution in [0, 0.1) is 5.41 Å². The second kappa shape index (κ2) is 8.39. The fraction of sp³-hybridized carbons (Fsp3) is 0.286. The molecule has 28 heavy (non-hydrogen) atoms. The van der Waals surface area contributed by atoms with Crippen LogP contribution >= 0.6 is 11.3 Å². The number of fused-ring (bicyclic) bond motifs is 1. The molecular formula is C21H23N3O3S. The number of aromatic nitrogens is 1. The molecule has 3 N–H and O–H groups in total. The Bertz CT molecular complexity index is 968. The van der Waals surface area contributed by atoms with Crippen LogP contribution in [0.25, 0.3) is 10.2 Å². The molecule has 0 unspecified atom stereocenters. The Morgan fingerprint density at radius 1 is 1.11 bits per heavy atom. The molecule has 0 saturated heterocycles. The SMILES string of the molecule is CC[C@@](C)(CC(=O)NNC(=O)c1ccccc1O)Cc1nc2ccccc2s1. The summed E-state index contributed by atoms with van der Waals surface area (Å²) in [6.45, 7) is 4.09. The molecule has 1 atom stereocenters. The lowest BCUT2D eigenvalue weighted by molar-refractivity contribution is -0.124. The number of carbonyl (C=O) groups is 2. The number of thiazole rings is 1. The summed E-state index contributed by atoms with van der Waals surface area (Å²) in [4.78, 5) is 29.2. The quantitative estimate of drug-likeness (QED) is 0.552. The number of nitrogens with one attached hydrogen (secondary N) is 2. The van der Waals surface area contributed by atoms with Crippen molar-refractivity contribution < 1.29 is 14.7 Å². The molecule has 0 aliphatic rings. The largest absolute Gasteiger partial charge is 0.507 e. The number of rotatable bonds is 6. The van der Waals surface area contributed by atoms with E-state index in [2.05, 4.69) is 15.8 Å². The van der Waals surface area contributed by atoms with Crippen molar-refractivity contribution in [1.82, 2.24) is 15.8 Å². The predicted octanol–water partition coefficient (Wildman–Crippen LogP) is 3.81. The van der Waals surface area contributed by atoms with Gasteiger partial charge in [0.25, 0.3) is 5.91 Å². The van der Waals surface area contributed by atoms with Gasteiger partial charge in [0.2, 0.25) is 5.91 Å². The van der Waals surface area contributed by atoms with Gasteiger partial charge in [0.1, 0.15) is 5.75 Å². The fourth-order valence-electron chi connectivity index (χ4n) is 2.96.